The van der Waals surface area contributed by atoms with E-state index in [1.807, 2.05) is 55.7 Å². The van der Waals surface area contributed by atoms with E-state index in [0.29, 0.717) is 26.3 Å². The van der Waals surface area contributed by atoms with Gasteiger partial charge in [0.2, 0.25) is 5.76 Å². The molecule has 0 saturated carbocycles. The highest BCUT2D eigenvalue weighted by Gasteiger charge is 2.26. The van der Waals surface area contributed by atoms with E-state index in [0.717, 1.165) is 11.3 Å². The number of aryl methyl sites for hydroxylation is 1. The van der Waals surface area contributed by atoms with Gasteiger partial charge < -0.3 is 10.4 Å². The number of halogens is 2. The van der Waals surface area contributed by atoms with Gasteiger partial charge in [-0.2, -0.15) is 4.57 Å². The summed E-state index contributed by atoms with van der Waals surface area (Å²) in [6.07, 6.45) is 3.77. The maximum Gasteiger partial charge on any atom is 0.288 e. The van der Waals surface area contributed by atoms with Gasteiger partial charge in [-0.1, -0.05) is 74.4 Å². The standard InChI is InChI=1S/C25H24Cl2N2OS/c1-16-7-5-6-8-21(16)28-24(31)22(23(30)19-15-18(26)9-10-20(19)27)29-13-11-17(12-14-29)25(2,3)4/h5-15H,1-4H3,(H-,28,30,31)/p+1. The van der Waals surface area contributed by atoms with Crippen LogP contribution >= 0.6 is 35.4 Å². The molecule has 2 N–H and O–H groups in total. The molecule has 0 spiro atoms. The smallest absolute Gasteiger partial charge is 0.288 e. The van der Waals surface area contributed by atoms with Gasteiger partial charge in [-0.3, -0.25) is 0 Å². The zero-order chi connectivity index (χ0) is 22.8. The van der Waals surface area contributed by atoms with Gasteiger partial charge in [0.25, 0.3) is 5.70 Å². The van der Waals surface area contributed by atoms with Gasteiger partial charge in [0.05, 0.1) is 5.02 Å². The zero-order valence-electron chi connectivity index (χ0n) is 17.9. The normalized spacial score (nSPS) is 12.3. The molecule has 6 heteroatoms. The summed E-state index contributed by atoms with van der Waals surface area (Å²) in [5, 5.41) is 15.4. The summed E-state index contributed by atoms with van der Waals surface area (Å²) in [7, 11) is 0. The third-order valence-electron chi connectivity index (χ3n) is 4.97. The number of nitrogens with zero attached hydrogens (tertiary/aromatic N) is 1. The largest absolute Gasteiger partial charge is 0.502 e. The first kappa shape index (κ1) is 23.3. The Kier molecular flexibility index (Phi) is 7.05. The minimum Gasteiger partial charge on any atom is -0.502 e. The highest BCUT2D eigenvalue weighted by molar-refractivity contribution is 7.81. The maximum atomic E-state index is 11.3. The lowest BCUT2D eigenvalue weighted by atomic mass is 9.88. The number of para-hydroxylation sites is 1. The second-order valence-corrected chi connectivity index (χ2v) is 9.59. The minimum absolute atomic E-state index is 0.00118. The molecular formula is C25H25Cl2N2OS+. The minimum atomic E-state index is -0.0629. The number of aliphatic hydroxyl groups is 1. The molecule has 1 heterocycles. The van der Waals surface area contributed by atoms with Crippen LogP contribution in [0.1, 0.15) is 37.5 Å². The molecule has 160 valence electrons. The average Bonchev–Trinajstić information content (AvgIpc) is 2.71. The Morgan fingerprint density at radius 1 is 1.00 bits per heavy atom. The van der Waals surface area contributed by atoms with Crippen molar-refractivity contribution in [3.05, 3.63) is 93.7 Å². The number of pyridine rings is 1. The van der Waals surface area contributed by atoms with Gasteiger partial charge >= 0.3 is 0 Å². The molecule has 0 amide bonds. The first-order valence-electron chi connectivity index (χ1n) is 9.86. The lowest BCUT2D eigenvalue weighted by molar-refractivity contribution is -0.575. The molecule has 0 saturated heterocycles. The topological polar surface area (TPSA) is 36.1 Å². The summed E-state index contributed by atoms with van der Waals surface area (Å²) >= 11 is 18.3. The Bertz CT molecular complexity index is 1150. The Balaban J connectivity index is 2.15. The molecule has 0 aliphatic rings. The van der Waals surface area contributed by atoms with Crippen molar-refractivity contribution in [2.75, 3.05) is 5.32 Å². The van der Waals surface area contributed by atoms with Gasteiger partial charge in [0.15, 0.2) is 17.4 Å². The van der Waals surface area contributed by atoms with Gasteiger partial charge in [-0.15, -0.1) is 0 Å². The number of hydrogen-bond acceptors (Lipinski definition) is 2. The molecule has 0 aliphatic carbocycles. The summed E-state index contributed by atoms with van der Waals surface area (Å²) in [5.74, 6) is -0.0629. The predicted molar refractivity (Wildman–Crippen MR) is 135 cm³/mol. The summed E-state index contributed by atoms with van der Waals surface area (Å²) < 4.78 is 1.79. The molecule has 3 rings (SSSR count). The van der Waals surface area contributed by atoms with Crippen LogP contribution in [0, 0.1) is 6.92 Å². The number of aliphatic hydroxyl groups excluding tert-OH is 1. The predicted octanol–water partition coefficient (Wildman–Crippen LogP) is 7.21. The third-order valence-corrected chi connectivity index (χ3v) is 5.83. The summed E-state index contributed by atoms with van der Waals surface area (Å²) in [5.41, 5.74) is 3.88. The van der Waals surface area contributed by atoms with Crippen LogP contribution in [-0.2, 0) is 5.41 Å². The van der Waals surface area contributed by atoms with Crippen LogP contribution in [-0.4, -0.2) is 10.1 Å². The lowest BCUT2D eigenvalue weighted by Gasteiger charge is -2.18. The molecule has 0 fully saturated rings. The number of nitrogens with one attached hydrogen (secondary N) is 1. The summed E-state index contributed by atoms with van der Waals surface area (Å²) in [6, 6.07) is 16.8. The van der Waals surface area contributed by atoms with E-state index in [2.05, 4.69) is 26.1 Å². The van der Waals surface area contributed by atoms with E-state index < -0.39 is 0 Å². The third kappa shape index (κ3) is 5.45. The molecule has 0 atom stereocenters. The van der Waals surface area contributed by atoms with Gasteiger partial charge in [0, 0.05) is 28.4 Å². The molecule has 3 nitrogen and oxygen atoms in total. The summed E-state index contributed by atoms with van der Waals surface area (Å²) in [6.45, 7) is 8.44. The van der Waals surface area contributed by atoms with Crippen molar-refractivity contribution in [1.29, 1.82) is 0 Å². The molecule has 31 heavy (non-hydrogen) atoms. The molecular weight excluding hydrogens is 447 g/mol. The number of anilines is 1. The number of thiocarbonyl (C=S) groups is 1. The lowest BCUT2D eigenvalue weighted by Crippen LogP contribution is -2.39. The molecule has 3 aromatic rings. The fourth-order valence-corrected chi connectivity index (χ4v) is 3.81. The SMILES string of the molecule is Cc1ccccc1NC(=S)C(=C(O)c1cc(Cl)ccc1Cl)[n+]1ccc(C(C)(C)C)cc1. The van der Waals surface area contributed by atoms with Crippen LogP contribution in [0.25, 0.3) is 11.5 Å². The number of hydrogen-bond donors (Lipinski definition) is 2. The zero-order valence-corrected chi connectivity index (χ0v) is 20.2. The number of aromatic nitrogens is 1. The van der Waals surface area contributed by atoms with E-state index in [-0.39, 0.29) is 11.2 Å². The highest BCUT2D eigenvalue weighted by Crippen LogP contribution is 2.29. The molecule has 0 radical (unpaired) electrons. The monoisotopic (exact) mass is 471 g/mol. The van der Waals surface area contributed by atoms with Gasteiger partial charge in [-0.25, -0.2) is 0 Å². The Morgan fingerprint density at radius 3 is 2.26 bits per heavy atom. The van der Waals surface area contributed by atoms with Crippen LogP contribution in [0.5, 0.6) is 0 Å². The number of rotatable bonds is 4. The second kappa shape index (κ2) is 9.39. The van der Waals surface area contributed by atoms with Crippen LogP contribution < -0.4 is 9.88 Å². The van der Waals surface area contributed by atoms with Crippen LogP contribution in [0.15, 0.2) is 67.0 Å². The van der Waals surface area contributed by atoms with Crippen molar-refractivity contribution >= 4 is 57.6 Å². The average molecular weight is 472 g/mol. The Morgan fingerprint density at radius 2 is 1.65 bits per heavy atom. The van der Waals surface area contributed by atoms with Crippen molar-refractivity contribution in [2.45, 2.75) is 33.1 Å². The highest BCUT2D eigenvalue weighted by atomic mass is 35.5. The quantitative estimate of drug-likeness (QED) is 0.182. The molecule has 0 aliphatic heterocycles. The van der Waals surface area contributed by atoms with E-state index >= 15 is 0 Å². The maximum absolute atomic E-state index is 11.3. The van der Waals surface area contributed by atoms with Crippen LogP contribution in [0.3, 0.4) is 0 Å². The van der Waals surface area contributed by atoms with Crippen molar-refractivity contribution in [3.8, 4) is 0 Å². The second-order valence-electron chi connectivity index (χ2n) is 8.33. The first-order valence-corrected chi connectivity index (χ1v) is 11.0. The molecule has 0 bridgehead atoms. The number of benzene rings is 2. The van der Waals surface area contributed by atoms with E-state index in [4.69, 9.17) is 35.4 Å². The van der Waals surface area contributed by atoms with Crippen LogP contribution in [0.2, 0.25) is 10.0 Å². The van der Waals surface area contributed by atoms with E-state index in [1.54, 1.807) is 22.8 Å². The van der Waals surface area contributed by atoms with E-state index in [1.165, 1.54) is 5.56 Å². The van der Waals surface area contributed by atoms with Gasteiger partial charge in [-0.05, 0) is 47.7 Å². The molecule has 2 aromatic carbocycles. The van der Waals surface area contributed by atoms with Crippen molar-refractivity contribution in [3.63, 3.8) is 0 Å². The molecule has 1 aromatic heterocycles. The van der Waals surface area contributed by atoms with Gasteiger partial charge in [0.1, 0.15) is 0 Å². The molecule has 0 unspecified atom stereocenters. The Labute approximate surface area is 199 Å². The van der Waals surface area contributed by atoms with Crippen molar-refractivity contribution in [2.24, 2.45) is 0 Å². The Hall–Kier alpha value is -2.40. The fourth-order valence-electron chi connectivity index (χ4n) is 3.12. The summed E-state index contributed by atoms with van der Waals surface area (Å²) in [4.78, 5) is 0.358. The van der Waals surface area contributed by atoms with E-state index in [9.17, 15) is 5.11 Å². The van der Waals surface area contributed by atoms with Crippen LogP contribution in [0.4, 0.5) is 5.69 Å². The first-order chi connectivity index (χ1) is 14.6. The fraction of sp³-hybridized carbons (Fsp3) is 0.200. The van der Waals surface area contributed by atoms with Crippen molar-refractivity contribution < 1.29 is 9.67 Å². The van der Waals surface area contributed by atoms with Crippen molar-refractivity contribution in [1.82, 2.24) is 0 Å².